The topological polar surface area (TPSA) is 77.2 Å². The van der Waals surface area contributed by atoms with Crippen molar-refractivity contribution in [1.29, 1.82) is 0 Å². The van der Waals surface area contributed by atoms with E-state index in [0.717, 1.165) is 11.8 Å². The van der Waals surface area contributed by atoms with E-state index < -0.39 is 11.8 Å². The van der Waals surface area contributed by atoms with Gasteiger partial charge in [-0.25, -0.2) is 4.39 Å². The predicted molar refractivity (Wildman–Crippen MR) is 66.2 cm³/mol. The summed E-state index contributed by atoms with van der Waals surface area (Å²) >= 11 is 1.01. The molecule has 100 valence electrons. The molecule has 0 radical (unpaired) electrons. The quantitative estimate of drug-likeness (QED) is 0.840. The molecule has 1 aromatic carbocycles. The number of rotatable bonds is 5. The van der Waals surface area contributed by atoms with E-state index in [1.54, 1.807) is 6.07 Å². The van der Waals surface area contributed by atoms with Crippen LogP contribution < -0.4 is 4.74 Å². The van der Waals surface area contributed by atoms with Gasteiger partial charge in [0, 0.05) is 6.07 Å². The number of nitrogens with zero attached hydrogens (tertiary/aromatic N) is 3. The lowest BCUT2D eigenvalue weighted by molar-refractivity contribution is -0.133. The number of aliphatic carboxylic acids is 1. The molecule has 0 spiro atoms. The molecule has 0 fully saturated rings. The van der Waals surface area contributed by atoms with E-state index in [9.17, 15) is 9.18 Å². The number of carboxylic acid groups (broad SMARTS) is 1. The monoisotopic (exact) mass is 283 g/mol. The Kier molecular flexibility index (Phi) is 4.00. The van der Waals surface area contributed by atoms with Crippen LogP contribution in [0.1, 0.15) is 0 Å². The number of hydrogen-bond donors (Lipinski definition) is 1. The third kappa shape index (κ3) is 3.02. The van der Waals surface area contributed by atoms with E-state index >= 15 is 0 Å². The summed E-state index contributed by atoms with van der Waals surface area (Å²) in [4.78, 5) is 10.5. The van der Waals surface area contributed by atoms with Gasteiger partial charge in [-0.2, -0.15) is 0 Å². The van der Waals surface area contributed by atoms with Crippen LogP contribution in [0.4, 0.5) is 4.39 Å². The minimum absolute atomic E-state index is 0.136. The SMILES string of the molecule is COc1ccc(-n2cnnc2SCC(=O)O)cc1F. The average molecular weight is 283 g/mol. The van der Waals surface area contributed by atoms with Crippen molar-refractivity contribution in [3.05, 3.63) is 30.3 Å². The zero-order valence-corrected chi connectivity index (χ0v) is 10.7. The maximum absolute atomic E-state index is 13.6. The summed E-state index contributed by atoms with van der Waals surface area (Å²) in [6.07, 6.45) is 1.39. The van der Waals surface area contributed by atoms with Crippen molar-refractivity contribution in [2.75, 3.05) is 12.9 Å². The molecule has 0 aliphatic rings. The number of carbonyl (C=O) groups is 1. The fourth-order valence-corrected chi connectivity index (χ4v) is 2.08. The van der Waals surface area contributed by atoms with Crippen LogP contribution in [0.2, 0.25) is 0 Å². The first-order valence-electron chi connectivity index (χ1n) is 5.20. The number of ether oxygens (including phenoxy) is 1. The highest BCUT2D eigenvalue weighted by Crippen LogP contribution is 2.23. The molecule has 0 aliphatic heterocycles. The van der Waals surface area contributed by atoms with Gasteiger partial charge < -0.3 is 9.84 Å². The number of benzene rings is 1. The van der Waals surface area contributed by atoms with E-state index in [4.69, 9.17) is 9.84 Å². The van der Waals surface area contributed by atoms with Crippen LogP contribution in [0.3, 0.4) is 0 Å². The van der Waals surface area contributed by atoms with Crippen LogP contribution in [0.5, 0.6) is 5.75 Å². The predicted octanol–water partition coefficient (Wildman–Crippen LogP) is 1.59. The van der Waals surface area contributed by atoms with E-state index in [2.05, 4.69) is 10.2 Å². The first-order chi connectivity index (χ1) is 9.11. The normalized spacial score (nSPS) is 10.4. The van der Waals surface area contributed by atoms with Gasteiger partial charge in [0.15, 0.2) is 16.7 Å². The molecule has 8 heteroatoms. The first kappa shape index (κ1) is 13.3. The Hall–Kier alpha value is -2.09. The average Bonchev–Trinajstić information content (AvgIpc) is 2.84. The highest BCUT2D eigenvalue weighted by molar-refractivity contribution is 7.99. The number of carboxylic acids is 1. The highest BCUT2D eigenvalue weighted by atomic mass is 32.2. The second kappa shape index (κ2) is 5.70. The Morgan fingerprint density at radius 2 is 2.37 bits per heavy atom. The van der Waals surface area contributed by atoms with Gasteiger partial charge in [-0.3, -0.25) is 9.36 Å². The maximum atomic E-state index is 13.6. The van der Waals surface area contributed by atoms with E-state index in [1.165, 1.54) is 30.1 Å². The molecule has 0 bridgehead atoms. The van der Waals surface area contributed by atoms with Gasteiger partial charge in [-0.1, -0.05) is 11.8 Å². The molecule has 0 unspecified atom stereocenters. The van der Waals surface area contributed by atoms with Crippen LogP contribution in [-0.2, 0) is 4.79 Å². The molecule has 19 heavy (non-hydrogen) atoms. The zero-order valence-electron chi connectivity index (χ0n) is 9.91. The molecule has 0 saturated heterocycles. The van der Waals surface area contributed by atoms with Crippen molar-refractivity contribution in [2.24, 2.45) is 0 Å². The lowest BCUT2D eigenvalue weighted by Gasteiger charge is -2.07. The minimum Gasteiger partial charge on any atom is -0.494 e. The summed E-state index contributed by atoms with van der Waals surface area (Å²) in [5.41, 5.74) is 0.496. The van der Waals surface area contributed by atoms with Crippen molar-refractivity contribution < 1.29 is 19.0 Å². The van der Waals surface area contributed by atoms with Crippen LogP contribution in [-0.4, -0.2) is 38.7 Å². The highest BCUT2D eigenvalue weighted by Gasteiger charge is 2.11. The van der Waals surface area contributed by atoms with Gasteiger partial charge in [0.05, 0.1) is 18.6 Å². The summed E-state index contributed by atoms with van der Waals surface area (Å²) in [6.45, 7) is 0. The Labute approximate surface area is 112 Å². The van der Waals surface area contributed by atoms with Gasteiger partial charge in [-0.05, 0) is 12.1 Å². The number of hydrogen-bond acceptors (Lipinski definition) is 5. The third-order valence-corrected chi connectivity index (χ3v) is 3.18. The smallest absolute Gasteiger partial charge is 0.313 e. The van der Waals surface area contributed by atoms with E-state index in [0.29, 0.717) is 10.8 Å². The van der Waals surface area contributed by atoms with Gasteiger partial charge in [0.1, 0.15) is 6.33 Å². The van der Waals surface area contributed by atoms with Crippen molar-refractivity contribution in [3.8, 4) is 11.4 Å². The van der Waals surface area contributed by atoms with E-state index in [-0.39, 0.29) is 11.5 Å². The molecule has 0 amide bonds. The fraction of sp³-hybridized carbons (Fsp3) is 0.182. The van der Waals surface area contributed by atoms with Crippen molar-refractivity contribution in [2.45, 2.75) is 5.16 Å². The van der Waals surface area contributed by atoms with Gasteiger partial charge in [0.2, 0.25) is 0 Å². The van der Waals surface area contributed by atoms with Gasteiger partial charge in [-0.15, -0.1) is 10.2 Å². The van der Waals surface area contributed by atoms with Gasteiger partial charge >= 0.3 is 5.97 Å². The molecular formula is C11H10FN3O3S. The Bertz CT molecular complexity index is 603. The molecule has 1 heterocycles. The van der Waals surface area contributed by atoms with Crippen LogP contribution in [0.25, 0.3) is 5.69 Å². The summed E-state index contributed by atoms with van der Waals surface area (Å²) < 4.78 is 19.9. The van der Waals surface area contributed by atoms with Crippen LogP contribution >= 0.6 is 11.8 Å². The van der Waals surface area contributed by atoms with Crippen LogP contribution in [0, 0.1) is 5.82 Å². The number of halogens is 1. The first-order valence-corrected chi connectivity index (χ1v) is 6.19. The number of aromatic nitrogens is 3. The fourth-order valence-electron chi connectivity index (χ4n) is 1.43. The Morgan fingerprint density at radius 1 is 1.58 bits per heavy atom. The number of methoxy groups -OCH3 is 1. The van der Waals surface area contributed by atoms with Crippen molar-refractivity contribution in [3.63, 3.8) is 0 Å². The number of thioether (sulfide) groups is 1. The zero-order chi connectivity index (χ0) is 13.8. The van der Waals surface area contributed by atoms with Crippen LogP contribution in [0.15, 0.2) is 29.7 Å². The summed E-state index contributed by atoms with van der Waals surface area (Å²) in [5.74, 6) is -1.47. The summed E-state index contributed by atoms with van der Waals surface area (Å²) in [6, 6.07) is 4.39. The molecule has 1 aromatic heterocycles. The molecular weight excluding hydrogens is 273 g/mol. The largest absolute Gasteiger partial charge is 0.494 e. The second-order valence-electron chi connectivity index (χ2n) is 3.48. The van der Waals surface area contributed by atoms with E-state index in [1.807, 2.05) is 0 Å². The molecule has 0 saturated carbocycles. The molecule has 6 nitrogen and oxygen atoms in total. The Morgan fingerprint density at radius 3 is 3.00 bits per heavy atom. The van der Waals surface area contributed by atoms with Gasteiger partial charge in [0.25, 0.3) is 0 Å². The summed E-state index contributed by atoms with van der Waals surface area (Å²) in [5, 5.41) is 16.5. The lowest BCUT2D eigenvalue weighted by atomic mass is 10.3. The standard InChI is InChI=1S/C11H10FN3O3S/c1-18-9-3-2-7(4-8(9)12)15-6-13-14-11(15)19-5-10(16)17/h2-4,6H,5H2,1H3,(H,16,17). The molecule has 2 rings (SSSR count). The molecule has 0 aliphatic carbocycles. The van der Waals surface area contributed by atoms with Crippen molar-refractivity contribution >= 4 is 17.7 Å². The maximum Gasteiger partial charge on any atom is 0.313 e. The lowest BCUT2D eigenvalue weighted by Crippen LogP contribution is -2.02. The Balaban J connectivity index is 2.29. The molecule has 0 atom stereocenters. The second-order valence-corrected chi connectivity index (χ2v) is 4.43. The summed E-state index contributed by atoms with van der Waals surface area (Å²) in [7, 11) is 1.38. The van der Waals surface area contributed by atoms with Crippen molar-refractivity contribution in [1.82, 2.24) is 14.8 Å². The third-order valence-electron chi connectivity index (χ3n) is 2.25. The molecule has 1 N–H and O–H groups in total. The minimum atomic E-state index is -0.958. The molecule has 2 aromatic rings.